The van der Waals surface area contributed by atoms with Gasteiger partial charge in [-0.15, -0.1) is 0 Å². The Labute approximate surface area is 193 Å². The summed E-state index contributed by atoms with van der Waals surface area (Å²) in [5, 5.41) is 0. The lowest BCUT2D eigenvalue weighted by Gasteiger charge is -2.23. The van der Waals surface area contributed by atoms with Crippen molar-refractivity contribution >= 4 is 11.8 Å². The van der Waals surface area contributed by atoms with E-state index in [1.54, 1.807) is 34.1 Å². The molecule has 1 atom stereocenters. The zero-order chi connectivity index (χ0) is 23.4. The molecule has 4 rings (SSSR count). The van der Waals surface area contributed by atoms with Gasteiger partial charge < -0.3 is 14.4 Å². The van der Waals surface area contributed by atoms with Gasteiger partial charge in [-0.2, -0.15) is 0 Å². The molecule has 2 amide bonds. The minimum atomic E-state index is -0.342. The van der Waals surface area contributed by atoms with E-state index in [1.165, 1.54) is 6.07 Å². The quantitative estimate of drug-likeness (QED) is 0.577. The molecule has 172 valence electrons. The van der Waals surface area contributed by atoms with Crippen molar-refractivity contribution in [3.8, 4) is 11.1 Å². The SMILES string of the molecule is CCCN1CCN(C(=O)c2cn(C)cn2)CC(Cc2ccc(-c3ccccc3F)cc2)C1=O. The zero-order valence-electron chi connectivity index (χ0n) is 19.1. The summed E-state index contributed by atoms with van der Waals surface area (Å²) in [6.45, 7) is 4.08. The smallest absolute Gasteiger partial charge is 0.274 e. The molecule has 1 fully saturated rings. The fourth-order valence-electron chi connectivity index (χ4n) is 4.36. The molecule has 1 aliphatic heterocycles. The molecular formula is C26H29FN4O2. The molecule has 6 nitrogen and oxygen atoms in total. The molecule has 1 unspecified atom stereocenters. The number of halogens is 1. The average molecular weight is 449 g/mol. The van der Waals surface area contributed by atoms with Gasteiger partial charge in [0.05, 0.1) is 12.2 Å². The molecule has 0 radical (unpaired) electrons. The van der Waals surface area contributed by atoms with Crippen LogP contribution in [0.1, 0.15) is 29.4 Å². The summed E-state index contributed by atoms with van der Waals surface area (Å²) in [6.07, 6.45) is 4.69. The first-order valence-corrected chi connectivity index (χ1v) is 11.4. The molecule has 1 aromatic heterocycles. The van der Waals surface area contributed by atoms with Gasteiger partial charge in [-0.1, -0.05) is 49.4 Å². The largest absolute Gasteiger partial charge is 0.341 e. The third-order valence-electron chi connectivity index (χ3n) is 6.07. The van der Waals surface area contributed by atoms with E-state index in [4.69, 9.17) is 0 Å². The predicted molar refractivity (Wildman–Crippen MR) is 125 cm³/mol. The van der Waals surface area contributed by atoms with E-state index in [9.17, 15) is 14.0 Å². The van der Waals surface area contributed by atoms with Crippen molar-refractivity contribution in [2.24, 2.45) is 13.0 Å². The van der Waals surface area contributed by atoms with Gasteiger partial charge in [0.1, 0.15) is 11.5 Å². The molecule has 0 saturated carbocycles. The Morgan fingerprint density at radius 3 is 2.55 bits per heavy atom. The lowest BCUT2D eigenvalue weighted by Crippen LogP contribution is -2.38. The van der Waals surface area contributed by atoms with Gasteiger partial charge in [0, 0.05) is 45.0 Å². The molecule has 3 aromatic rings. The fraction of sp³-hybridized carbons (Fsp3) is 0.346. The molecule has 1 aliphatic rings. The fourth-order valence-corrected chi connectivity index (χ4v) is 4.36. The summed E-state index contributed by atoms with van der Waals surface area (Å²) in [5.74, 6) is -0.679. The number of carbonyl (C=O) groups excluding carboxylic acids is 2. The van der Waals surface area contributed by atoms with Crippen LogP contribution in [0, 0.1) is 11.7 Å². The minimum absolute atomic E-state index is 0.0753. The van der Waals surface area contributed by atoms with Crippen LogP contribution in [0.4, 0.5) is 4.39 Å². The van der Waals surface area contributed by atoms with Crippen molar-refractivity contribution in [3.63, 3.8) is 0 Å². The molecule has 1 saturated heterocycles. The van der Waals surface area contributed by atoms with Crippen molar-refractivity contribution in [3.05, 3.63) is 78.1 Å². The van der Waals surface area contributed by atoms with Gasteiger partial charge in [0.25, 0.3) is 5.91 Å². The van der Waals surface area contributed by atoms with Gasteiger partial charge >= 0.3 is 0 Å². The van der Waals surface area contributed by atoms with E-state index in [0.29, 0.717) is 43.9 Å². The Kier molecular flexibility index (Phi) is 6.87. The van der Waals surface area contributed by atoms with Crippen molar-refractivity contribution in [1.82, 2.24) is 19.4 Å². The van der Waals surface area contributed by atoms with Crippen LogP contribution in [-0.4, -0.2) is 57.3 Å². The first-order chi connectivity index (χ1) is 16.0. The molecule has 2 aromatic carbocycles. The van der Waals surface area contributed by atoms with Crippen molar-refractivity contribution < 1.29 is 14.0 Å². The lowest BCUT2D eigenvalue weighted by molar-refractivity contribution is -0.134. The summed E-state index contributed by atoms with van der Waals surface area (Å²) in [5.41, 5.74) is 2.72. The summed E-state index contributed by atoms with van der Waals surface area (Å²) < 4.78 is 15.9. The van der Waals surface area contributed by atoms with Crippen LogP contribution >= 0.6 is 0 Å². The van der Waals surface area contributed by atoms with E-state index in [-0.39, 0.29) is 23.5 Å². The first-order valence-electron chi connectivity index (χ1n) is 11.4. The van der Waals surface area contributed by atoms with Crippen LogP contribution in [0.25, 0.3) is 11.1 Å². The van der Waals surface area contributed by atoms with E-state index in [1.807, 2.05) is 49.2 Å². The number of aromatic nitrogens is 2. The maximum atomic E-state index is 14.1. The number of amides is 2. The Bertz CT molecular complexity index is 1130. The predicted octanol–water partition coefficient (Wildman–Crippen LogP) is 3.78. The normalized spacial score (nSPS) is 16.7. The average Bonchev–Trinajstić information content (AvgIpc) is 3.20. The van der Waals surface area contributed by atoms with Crippen LogP contribution in [0.3, 0.4) is 0 Å². The highest BCUT2D eigenvalue weighted by molar-refractivity contribution is 5.93. The second kappa shape index (κ2) is 9.98. The van der Waals surface area contributed by atoms with E-state index in [0.717, 1.165) is 17.5 Å². The second-order valence-corrected chi connectivity index (χ2v) is 8.58. The molecule has 0 bridgehead atoms. The summed E-state index contributed by atoms with van der Waals surface area (Å²) in [6, 6.07) is 14.3. The Morgan fingerprint density at radius 1 is 1.12 bits per heavy atom. The van der Waals surface area contributed by atoms with Gasteiger partial charge in [0.15, 0.2) is 0 Å². The zero-order valence-corrected chi connectivity index (χ0v) is 19.1. The number of aryl methyl sites for hydroxylation is 1. The molecule has 7 heteroatoms. The number of imidazole rings is 1. The maximum absolute atomic E-state index is 14.1. The summed E-state index contributed by atoms with van der Waals surface area (Å²) in [7, 11) is 1.83. The van der Waals surface area contributed by atoms with Crippen LogP contribution in [0.5, 0.6) is 0 Å². The summed E-state index contributed by atoms with van der Waals surface area (Å²) >= 11 is 0. The van der Waals surface area contributed by atoms with E-state index < -0.39 is 0 Å². The molecule has 0 N–H and O–H groups in total. The van der Waals surface area contributed by atoms with Crippen LogP contribution in [0.15, 0.2) is 61.1 Å². The van der Waals surface area contributed by atoms with Crippen molar-refractivity contribution in [2.45, 2.75) is 19.8 Å². The number of carbonyl (C=O) groups is 2. The highest BCUT2D eigenvalue weighted by atomic mass is 19.1. The van der Waals surface area contributed by atoms with Gasteiger partial charge in [-0.25, -0.2) is 9.37 Å². The number of benzene rings is 2. The van der Waals surface area contributed by atoms with E-state index >= 15 is 0 Å². The summed E-state index contributed by atoms with van der Waals surface area (Å²) in [4.78, 5) is 34.2. The van der Waals surface area contributed by atoms with E-state index in [2.05, 4.69) is 4.98 Å². The Hall–Kier alpha value is -3.48. The highest BCUT2D eigenvalue weighted by Gasteiger charge is 2.32. The number of rotatable bonds is 6. The molecule has 2 heterocycles. The maximum Gasteiger partial charge on any atom is 0.274 e. The number of hydrogen-bond acceptors (Lipinski definition) is 3. The molecule has 33 heavy (non-hydrogen) atoms. The van der Waals surface area contributed by atoms with Crippen molar-refractivity contribution in [2.75, 3.05) is 26.2 Å². The second-order valence-electron chi connectivity index (χ2n) is 8.58. The third kappa shape index (κ3) is 5.13. The van der Waals surface area contributed by atoms with Crippen LogP contribution in [0.2, 0.25) is 0 Å². The van der Waals surface area contributed by atoms with Gasteiger partial charge in [-0.05, 0) is 30.0 Å². The highest BCUT2D eigenvalue weighted by Crippen LogP contribution is 2.25. The van der Waals surface area contributed by atoms with Crippen molar-refractivity contribution in [1.29, 1.82) is 0 Å². The molecule has 0 aliphatic carbocycles. The number of nitrogens with zero attached hydrogens (tertiary/aromatic N) is 4. The topological polar surface area (TPSA) is 58.4 Å². The Balaban J connectivity index is 1.54. The standard InChI is InChI=1S/C26H29FN4O2/c1-3-12-30-13-14-31(26(33)24-17-29(2)18-28-24)16-21(25(30)32)15-19-8-10-20(11-9-19)22-6-4-5-7-23(22)27/h4-11,17-18,21H,3,12-16H2,1-2H3. The third-order valence-corrected chi connectivity index (χ3v) is 6.07. The van der Waals surface area contributed by atoms with Crippen LogP contribution < -0.4 is 0 Å². The van der Waals surface area contributed by atoms with Gasteiger partial charge in [0.2, 0.25) is 5.91 Å². The van der Waals surface area contributed by atoms with Gasteiger partial charge in [-0.3, -0.25) is 9.59 Å². The first kappa shape index (κ1) is 22.7. The minimum Gasteiger partial charge on any atom is -0.341 e. The molecule has 0 spiro atoms. The lowest BCUT2D eigenvalue weighted by atomic mass is 9.95. The molecular weight excluding hydrogens is 419 g/mol. The van der Waals surface area contributed by atoms with Crippen LogP contribution in [-0.2, 0) is 18.3 Å². The Morgan fingerprint density at radius 2 is 1.88 bits per heavy atom. The number of hydrogen-bond donors (Lipinski definition) is 0. The monoisotopic (exact) mass is 448 g/mol.